The molecule has 0 aliphatic rings. The molecule has 0 fully saturated rings. The van der Waals surface area contributed by atoms with Gasteiger partial charge in [-0.25, -0.2) is 9.48 Å². The van der Waals surface area contributed by atoms with Crippen LogP contribution in [0.2, 0.25) is 0 Å². The first-order valence-electron chi connectivity index (χ1n) is 3.45. The molecule has 5 nitrogen and oxygen atoms in total. The fraction of sp³-hybridized carbons (Fsp3) is 0.667. The highest BCUT2D eigenvalue weighted by Gasteiger charge is 2.09. The Balaban J connectivity index is 3.35. The number of anilines is 1. The van der Waals surface area contributed by atoms with E-state index in [1.807, 2.05) is 13.8 Å². The second-order valence-corrected chi connectivity index (χ2v) is 2.73. The highest BCUT2D eigenvalue weighted by Crippen LogP contribution is 2.03. The molecule has 0 radical (unpaired) electrons. The third-order valence-electron chi connectivity index (χ3n) is 1.50. The Morgan fingerprint density at radius 1 is 1.55 bits per heavy atom. The zero-order chi connectivity index (χ0) is 8.59. The fourth-order valence-electron chi connectivity index (χ4n) is 0.984. The van der Waals surface area contributed by atoms with Gasteiger partial charge >= 0.3 is 5.69 Å². The van der Waals surface area contributed by atoms with Gasteiger partial charge in [-0.15, -0.1) is 5.10 Å². The molecule has 0 saturated carbocycles. The Kier molecular flexibility index (Phi) is 1.72. The van der Waals surface area contributed by atoms with E-state index in [1.165, 1.54) is 9.25 Å². The molecule has 0 aromatic carbocycles. The molecule has 62 valence electrons. The van der Waals surface area contributed by atoms with Gasteiger partial charge in [0.2, 0.25) is 5.95 Å². The molecule has 11 heavy (non-hydrogen) atoms. The number of hydrogen-bond donors (Lipinski definition) is 1. The van der Waals surface area contributed by atoms with E-state index < -0.39 is 0 Å². The summed E-state index contributed by atoms with van der Waals surface area (Å²) in [5.74, 6) is 0.271. The molecule has 0 amide bonds. The minimum Gasteiger partial charge on any atom is -0.368 e. The number of nitrogens with zero attached hydrogens (tertiary/aromatic N) is 3. The number of rotatable bonds is 1. The third kappa shape index (κ3) is 1.13. The maximum Gasteiger partial charge on any atom is 0.347 e. The second kappa shape index (κ2) is 2.41. The van der Waals surface area contributed by atoms with Crippen molar-refractivity contribution >= 4 is 5.95 Å². The molecule has 1 heterocycles. The lowest BCUT2D eigenvalue weighted by Gasteiger charge is -2.04. The summed E-state index contributed by atoms with van der Waals surface area (Å²) in [6, 6.07) is 0.0659. The quantitative estimate of drug-likeness (QED) is 0.609. The molecular formula is C6H12N4O. The predicted molar refractivity (Wildman–Crippen MR) is 42.3 cm³/mol. The third-order valence-corrected chi connectivity index (χ3v) is 1.50. The van der Waals surface area contributed by atoms with Gasteiger partial charge in [0.15, 0.2) is 0 Å². The lowest BCUT2D eigenvalue weighted by atomic mass is 10.4. The van der Waals surface area contributed by atoms with E-state index in [0.29, 0.717) is 0 Å². The number of aromatic nitrogens is 3. The van der Waals surface area contributed by atoms with Crippen LogP contribution >= 0.6 is 0 Å². The fourth-order valence-corrected chi connectivity index (χ4v) is 0.984. The van der Waals surface area contributed by atoms with E-state index in [1.54, 1.807) is 7.05 Å². The predicted octanol–water partition coefficient (Wildman–Crippen LogP) is -0.255. The Morgan fingerprint density at radius 2 is 2.09 bits per heavy atom. The van der Waals surface area contributed by atoms with E-state index in [4.69, 9.17) is 5.73 Å². The van der Waals surface area contributed by atoms with E-state index in [0.717, 1.165) is 0 Å². The van der Waals surface area contributed by atoms with Crippen molar-refractivity contribution in [3.05, 3.63) is 10.5 Å². The second-order valence-electron chi connectivity index (χ2n) is 2.73. The van der Waals surface area contributed by atoms with E-state index in [-0.39, 0.29) is 17.7 Å². The zero-order valence-electron chi connectivity index (χ0n) is 6.90. The molecule has 0 saturated heterocycles. The topological polar surface area (TPSA) is 65.8 Å². The summed E-state index contributed by atoms with van der Waals surface area (Å²) in [6.07, 6.45) is 0. The number of nitrogens with two attached hydrogens (primary N) is 1. The average molecular weight is 156 g/mol. The van der Waals surface area contributed by atoms with Crippen LogP contribution in [-0.4, -0.2) is 14.3 Å². The van der Waals surface area contributed by atoms with Gasteiger partial charge in [-0.1, -0.05) is 0 Å². The Bertz CT molecular complexity index is 309. The van der Waals surface area contributed by atoms with Crippen LogP contribution in [0, 0.1) is 0 Å². The van der Waals surface area contributed by atoms with Gasteiger partial charge in [0, 0.05) is 13.1 Å². The summed E-state index contributed by atoms with van der Waals surface area (Å²) in [4.78, 5) is 11.2. The van der Waals surface area contributed by atoms with Crippen LogP contribution in [0.15, 0.2) is 4.79 Å². The van der Waals surface area contributed by atoms with Crippen molar-refractivity contribution in [2.24, 2.45) is 7.05 Å². The van der Waals surface area contributed by atoms with Crippen LogP contribution in [0.25, 0.3) is 0 Å². The molecule has 2 N–H and O–H groups in total. The van der Waals surface area contributed by atoms with Crippen molar-refractivity contribution in [1.29, 1.82) is 0 Å². The molecule has 0 unspecified atom stereocenters. The monoisotopic (exact) mass is 156 g/mol. The molecule has 5 heteroatoms. The molecule has 0 aliphatic heterocycles. The Hall–Kier alpha value is -1.26. The summed E-state index contributed by atoms with van der Waals surface area (Å²) in [7, 11) is 1.58. The molecule has 1 aromatic heterocycles. The smallest absolute Gasteiger partial charge is 0.347 e. The van der Waals surface area contributed by atoms with Crippen LogP contribution in [0.1, 0.15) is 19.9 Å². The lowest BCUT2D eigenvalue weighted by molar-refractivity contribution is 0.572. The Labute approximate surface area is 64.4 Å². The van der Waals surface area contributed by atoms with Gasteiger partial charge in [0.1, 0.15) is 0 Å². The molecule has 0 bridgehead atoms. The summed E-state index contributed by atoms with van der Waals surface area (Å²) in [5.41, 5.74) is 5.31. The minimum absolute atomic E-state index is 0.0659. The molecular weight excluding hydrogens is 144 g/mol. The average Bonchev–Trinajstić information content (AvgIpc) is 2.07. The zero-order valence-corrected chi connectivity index (χ0v) is 6.90. The highest BCUT2D eigenvalue weighted by atomic mass is 16.2. The van der Waals surface area contributed by atoms with Crippen LogP contribution < -0.4 is 11.4 Å². The van der Waals surface area contributed by atoms with Gasteiger partial charge < -0.3 is 5.73 Å². The summed E-state index contributed by atoms with van der Waals surface area (Å²) < 4.78 is 2.68. The molecule has 0 spiro atoms. The number of aryl methyl sites for hydroxylation is 1. The van der Waals surface area contributed by atoms with E-state index >= 15 is 0 Å². The summed E-state index contributed by atoms with van der Waals surface area (Å²) >= 11 is 0. The van der Waals surface area contributed by atoms with Crippen LogP contribution in [0.3, 0.4) is 0 Å². The maximum atomic E-state index is 11.2. The highest BCUT2D eigenvalue weighted by molar-refractivity contribution is 5.14. The standard InChI is InChI=1S/C6H12N4O/c1-4(2)10-5(7)8-9(3)6(10)11/h4H,1-3H3,(H2,7,8). The molecule has 1 aromatic rings. The van der Waals surface area contributed by atoms with E-state index in [2.05, 4.69) is 5.10 Å². The normalized spacial score (nSPS) is 10.9. The van der Waals surface area contributed by atoms with E-state index in [9.17, 15) is 4.79 Å². The summed E-state index contributed by atoms with van der Waals surface area (Å²) in [6.45, 7) is 3.78. The van der Waals surface area contributed by atoms with Crippen LogP contribution in [-0.2, 0) is 7.05 Å². The first-order valence-corrected chi connectivity index (χ1v) is 3.45. The van der Waals surface area contributed by atoms with Crippen LogP contribution in [0.5, 0.6) is 0 Å². The minimum atomic E-state index is -0.169. The van der Waals surface area contributed by atoms with Crippen molar-refractivity contribution in [3.63, 3.8) is 0 Å². The van der Waals surface area contributed by atoms with Gasteiger partial charge in [0.05, 0.1) is 0 Å². The molecule has 0 atom stereocenters. The van der Waals surface area contributed by atoms with Crippen molar-refractivity contribution in [2.75, 3.05) is 5.73 Å². The van der Waals surface area contributed by atoms with Gasteiger partial charge in [-0.2, -0.15) is 0 Å². The van der Waals surface area contributed by atoms with Crippen molar-refractivity contribution < 1.29 is 0 Å². The first kappa shape index (κ1) is 7.84. The number of nitrogen functional groups attached to an aromatic ring is 1. The van der Waals surface area contributed by atoms with Gasteiger partial charge in [-0.05, 0) is 13.8 Å². The van der Waals surface area contributed by atoms with Gasteiger partial charge in [-0.3, -0.25) is 4.57 Å². The van der Waals surface area contributed by atoms with Crippen molar-refractivity contribution in [2.45, 2.75) is 19.9 Å². The summed E-state index contributed by atoms with van der Waals surface area (Å²) in [5, 5.41) is 3.78. The van der Waals surface area contributed by atoms with Crippen molar-refractivity contribution in [3.8, 4) is 0 Å². The lowest BCUT2D eigenvalue weighted by Crippen LogP contribution is -2.24. The molecule has 1 rings (SSSR count). The van der Waals surface area contributed by atoms with Crippen molar-refractivity contribution in [1.82, 2.24) is 14.3 Å². The first-order chi connectivity index (χ1) is 5.04. The van der Waals surface area contributed by atoms with Crippen LogP contribution in [0.4, 0.5) is 5.95 Å². The largest absolute Gasteiger partial charge is 0.368 e. The molecule has 0 aliphatic carbocycles. The number of hydrogen-bond acceptors (Lipinski definition) is 3. The SMILES string of the molecule is CC(C)n1c(N)nn(C)c1=O. The Morgan fingerprint density at radius 3 is 2.27 bits per heavy atom. The maximum absolute atomic E-state index is 11.2. The van der Waals surface area contributed by atoms with Gasteiger partial charge in [0.25, 0.3) is 0 Å².